The number of carbonyl (C=O) groups excluding carboxylic acids is 1. The van der Waals surface area contributed by atoms with Crippen LogP contribution in [0.2, 0.25) is 0 Å². The van der Waals surface area contributed by atoms with E-state index in [1.165, 1.54) is 38.4 Å². The van der Waals surface area contributed by atoms with Crippen molar-refractivity contribution in [1.29, 1.82) is 0 Å². The van der Waals surface area contributed by atoms with Crippen molar-refractivity contribution in [2.45, 2.75) is 24.8 Å². The number of carbonyl (C=O) groups is 2. The van der Waals surface area contributed by atoms with Crippen molar-refractivity contribution in [1.82, 2.24) is 9.62 Å². The maximum atomic E-state index is 12.5. The van der Waals surface area contributed by atoms with Crippen molar-refractivity contribution in [3.63, 3.8) is 0 Å². The smallest absolute Gasteiger partial charge is 0.323 e. The number of carboxylic acid groups (broad SMARTS) is 1. The predicted molar refractivity (Wildman–Crippen MR) is 87.2 cm³/mol. The zero-order valence-electron chi connectivity index (χ0n) is 14.0. The van der Waals surface area contributed by atoms with Crippen molar-refractivity contribution in [3.8, 4) is 5.75 Å². The minimum absolute atomic E-state index is 0.0114. The molecular weight excluding hydrogens is 336 g/mol. The van der Waals surface area contributed by atoms with Gasteiger partial charge in [-0.15, -0.1) is 0 Å². The van der Waals surface area contributed by atoms with Crippen LogP contribution in [-0.2, 0) is 19.6 Å². The standard InChI is InChI=1S/C15H22N2O6S/c1-10(2)14(15(20)17(3)9-13(18)19)16-24(21,22)12-7-5-11(23-4)6-8-12/h5-8,10,14,16H,9H2,1-4H3,(H,18,19). The van der Waals surface area contributed by atoms with E-state index in [1.54, 1.807) is 13.8 Å². The molecule has 0 aliphatic heterocycles. The van der Waals surface area contributed by atoms with Crippen LogP contribution in [0.25, 0.3) is 0 Å². The fourth-order valence-corrected chi connectivity index (χ4v) is 3.32. The molecule has 0 heterocycles. The lowest BCUT2D eigenvalue weighted by Crippen LogP contribution is -2.51. The number of methoxy groups -OCH3 is 1. The average Bonchev–Trinajstić information content (AvgIpc) is 2.51. The van der Waals surface area contributed by atoms with Crippen LogP contribution in [0.1, 0.15) is 13.8 Å². The quantitative estimate of drug-likeness (QED) is 0.701. The van der Waals surface area contributed by atoms with Crippen molar-refractivity contribution < 1.29 is 27.9 Å². The number of likely N-dealkylation sites (N-methyl/N-ethyl adjacent to an activating group) is 1. The van der Waals surface area contributed by atoms with Gasteiger partial charge in [-0.2, -0.15) is 4.72 Å². The third-order valence-corrected chi connectivity index (χ3v) is 4.79. The molecule has 2 N–H and O–H groups in total. The van der Waals surface area contributed by atoms with Gasteiger partial charge in [-0.1, -0.05) is 13.8 Å². The summed E-state index contributed by atoms with van der Waals surface area (Å²) in [5.41, 5.74) is 0. The number of sulfonamides is 1. The van der Waals surface area contributed by atoms with E-state index in [2.05, 4.69) is 4.72 Å². The van der Waals surface area contributed by atoms with E-state index in [4.69, 9.17) is 9.84 Å². The Kier molecular flexibility index (Phi) is 6.73. The molecule has 134 valence electrons. The molecule has 8 nitrogen and oxygen atoms in total. The van der Waals surface area contributed by atoms with Crippen LogP contribution in [0.15, 0.2) is 29.2 Å². The van der Waals surface area contributed by atoms with Crippen LogP contribution in [-0.4, -0.2) is 57.0 Å². The molecular formula is C15H22N2O6S. The van der Waals surface area contributed by atoms with E-state index in [1.807, 2.05) is 0 Å². The molecule has 1 atom stereocenters. The summed E-state index contributed by atoms with van der Waals surface area (Å²) in [4.78, 5) is 24.0. The molecule has 0 aromatic heterocycles. The highest BCUT2D eigenvalue weighted by atomic mass is 32.2. The van der Waals surface area contributed by atoms with E-state index < -0.39 is 34.5 Å². The fourth-order valence-electron chi connectivity index (χ4n) is 1.98. The first-order chi connectivity index (χ1) is 11.1. The van der Waals surface area contributed by atoms with Crippen molar-refractivity contribution in [2.24, 2.45) is 5.92 Å². The van der Waals surface area contributed by atoms with E-state index in [0.717, 1.165) is 4.90 Å². The number of nitrogens with one attached hydrogen (secondary N) is 1. The van der Waals surface area contributed by atoms with Crippen LogP contribution in [0.5, 0.6) is 5.75 Å². The minimum Gasteiger partial charge on any atom is -0.497 e. The molecule has 1 amide bonds. The second kappa shape index (κ2) is 8.11. The van der Waals surface area contributed by atoms with E-state index in [0.29, 0.717) is 5.75 Å². The molecule has 0 bridgehead atoms. The number of amides is 1. The minimum atomic E-state index is -3.94. The monoisotopic (exact) mass is 358 g/mol. The largest absolute Gasteiger partial charge is 0.497 e. The van der Waals surface area contributed by atoms with Crippen molar-refractivity contribution in [3.05, 3.63) is 24.3 Å². The molecule has 0 spiro atoms. The van der Waals surface area contributed by atoms with Gasteiger partial charge in [0.1, 0.15) is 18.3 Å². The lowest BCUT2D eigenvalue weighted by Gasteiger charge is -2.26. The normalized spacial score (nSPS) is 12.7. The second-order valence-corrected chi connectivity index (χ2v) is 7.32. The topological polar surface area (TPSA) is 113 Å². The summed E-state index contributed by atoms with van der Waals surface area (Å²) >= 11 is 0. The number of ether oxygens (including phenoxy) is 1. The van der Waals surface area contributed by atoms with E-state index >= 15 is 0 Å². The summed E-state index contributed by atoms with van der Waals surface area (Å²) in [6.45, 7) is 2.84. The summed E-state index contributed by atoms with van der Waals surface area (Å²) < 4.78 is 32.2. The van der Waals surface area contributed by atoms with Gasteiger partial charge >= 0.3 is 5.97 Å². The lowest BCUT2D eigenvalue weighted by atomic mass is 10.0. The lowest BCUT2D eigenvalue weighted by molar-refractivity contribution is -0.144. The van der Waals surface area contributed by atoms with Crippen LogP contribution in [0.3, 0.4) is 0 Å². The number of hydrogen-bond acceptors (Lipinski definition) is 5. The van der Waals surface area contributed by atoms with Crippen LogP contribution in [0, 0.1) is 5.92 Å². The van der Waals surface area contributed by atoms with Crippen molar-refractivity contribution in [2.75, 3.05) is 20.7 Å². The SMILES string of the molecule is COc1ccc(S(=O)(=O)NC(C(=O)N(C)CC(=O)O)C(C)C)cc1. The van der Waals surface area contributed by atoms with E-state index in [-0.39, 0.29) is 10.8 Å². The van der Waals surface area contributed by atoms with Gasteiger partial charge in [-0.25, -0.2) is 8.42 Å². The second-order valence-electron chi connectivity index (χ2n) is 5.61. The summed E-state index contributed by atoms with van der Waals surface area (Å²) in [5.74, 6) is -1.63. The molecule has 9 heteroatoms. The number of benzene rings is 1. The highest BCUT2D eigenvalue weighted by molar-refractivity contribution is 7.89. The first kappa shape index (κ1) is 19.9. The Hall–Kier alpha value is -2.13. The summed E-state index contributed by atoms with van der Waals surface area (Å²) in [6, 6.07) is 4.66. The molecule has 0 aliphatic rings. The maximum absolute atomic E-state index is 12.5. The third kappa shape index (κ3) is 5.20. The molecule has 0 saturated carbocycles. The molecule has 0 radical (unpaired) electrons. The van der Waals surface area contributed by atoms with Gasteiger partial charge < -0.3 is 14.7 Å². The van der Waals surface area contributed by atoms with Crippen LogP contribution >= 0.6 is 0 Å². The molecule has 24 heavy (non-hydrogen) atoms. The van der Waals surface area contributed by atoms with Gasteiger partial charge in [0.2, 0.25) is 15.9 Å². The van der Waals surface area contributed by atoms with Crippen molar-refractivity contribution >= 4 is 21.9 Å². The fraction of sp³-hybridized carbons (Fsp3) is 0.467. The summed E-state index contributed by atoms with van der Waals surface area (Å²) in [5, 5.41) is 8.77. The number of hydrogen-bond donors (Lipinski definition) is 2. The predicted octanol–water partition coefficient (Wildman–Crippen LogP) is 0.541. The molecule has 1 aromatic carbocycles. The number of carboxylic acids is 1. The Bertz CT molecular complexity index is 684. The van der Waals surface area contributed by atoms with Gasteiger partial charge in [0, 0.05) is 7.05 Å². The Labute approximate surface area is 141 Å². The first-order valence-corrected chi connectivity index (χ1v) is 8.70. The zero-order chi connectivity index (χ0) is 18.5. The average molecular weight is 358 g/mol. The summed E-state index contributed by atoms with van der Waals surface area (Å²) in [7, 11) is -1.16. The molecule has 1 rings (SSSR count). The molecule has 0 saturated heterocycles. The number of nitrogens with zero attached hydrogens (tertiary/aromatic N) is 1. The van der Waals surface area contributed by atoms with E-state index in [9.17, 15) is 18.0 Å². The summed E-state index contributed by atoms with van der Waals surface area (Å²) in [6.07, 6.45) is 0. The van der Waals surface area contributed by atoms with Crippen LogP contribution in [0.4, 0.5) is 0 Å². The molecule has 0 aliphatic carbocycles. The molecule has 1 aromatic rings. The van der Waals surface area contributed by atoms with Crippen LogP contribution < -0.4 is 9.46 Å². The Morgan fingerprint density at radius 1 is 1.25 bits per heavy atom. The Morgan fingerprint density at radius 3 is 2.21 bits per heavy atom. The number of rotatable bonds is 8. The van der Waals surface area contributed by atoms with Gasteiger partial charge in [-0.05, 0) is 30.2 Å². The van der Waals surface area contributed by atoms with Gasteiger partial charge in [0.25, 0.3) is 0 Å². The highest BCUT2D eigenvalue weighted by Gasteiger charge is 2.31. The maximum Gasteiger partial charge on any atom is 0.323 e. The van der Waals surface area contributed by atoms with Gasteiger partial charge in [0.15, 0.2) is 0 Å². The Morgan fingerprint density at radius 2 is 1.79 bits per heavy atom. The first-order valence-electron chi connectivity index (χ1n) is 7.21. The Balaban J connectivity index is 3.01. The highest BCUT2D eigenvalue weighted by Crippen LogP contribution is 2.17. The zero-order valence-corrected chi connectivity index (χ0v) is 14.8. The third-order valence-electron chi connectivity index (χ3n) is 3.33. The number of aliphatic carboxylic acids is 1. The molecule has 1 unspecified atom stereocenters. The molecule has 0 fully saturated rings. The van der Waals surface area contributed by atoms with Gasteiger partial charge in [0.05, 0.1) is 12.0 Å². The van der Waals surface area contributed by atoms with Gasteiger partial charge in [-0.3, -0.25) is 9.59 Å².